The Balaban J connectivity index is 1.91. The average Bonchev–Trinajstić information content (AvgIpc) is 3.04. The third-order valence-corrected chi connectivity index (χ3v) is 5.36. The number of pyridine rings is 1. The largest absolute Gasteiger partial charge is 0.467 e. The minimum Gasteiger partial charge on any atom is -0.467 e. The van der Waals surface area contributed by atoms with Gasteiger partial charge in [0.05, 0.1) is 17.1 Å². The molecule has 3 heterocycles. The van der Waals surface area contributed by atoms with E-state index in [-0.39, 0.29) is 18.0 Å². The van der Waals surface area contributed by atoms with Crippen LogP contribution in [0, 0.1) is 3.57 Å². The second-order valence-electron chi connectivity index (χ2n) is 6.48. The van der Waals surface area contributed by atoms with Crippen LogP contribution in [0.5, 0.6) is 5.88 Å². The summed E-state index contributed by atoms with van der Waals surface area (Å²) in [6, 6.07) is 3.94. The SMILES string of the molecule is CCCc1cn(C)c(=O)c(OCc2c(-c3ccc(I)c(CC)n3)nnn2C)n1. The van der Waals surface area contributed by atoms with Crippen molar-refractivity contribution in [2.75, 3.05) is 0 Å². The molecule has 0 fully saturated rings. The van der Waals surface area contributed by atoms with Crippen LogP contribution in [0.15, 0.2) is 23.1 Å². The minimum absolute atomic E-state index is 0.0883. The Labute approximate surface area is 177 Å². The Hall–Kier alpha value is -2.30. The molecule has 28 heavy (non-hydrogen) atoms. The van der Waals surface area contributed by atoms with Crippen LogP contribution in [0.1, 0.15) is 37.4 Å². The van der Waals surface area contributed by atoms with E-state index in [2.05, 4.69) is 51.7 Å². The molecule has 0 aliphatic heterocycles. The number of hydrogen-bond acceptors (Lipinski definition) is 6. The van der Waals surface area contributed by atoms with Crippen molar-refractivity contribution in [3.63, 3.8) is 0 Å². The van der Waals surface area contributed by atoms with Gasteiger partial charge in [-0.2, -0.15) is 0 Å². The maximum atomic E-state index is 12.4. The summed E-state index contributed by atoms with van der Waals surface area (Å²) < 4.78 is 10.1. The first-order valence-corrected chi connectivity index (χ1v) is 10.3. The molecule has 0 aliphatic rings. The van der Waals surface area contributed by atoms with Gasteiger partial charge in [0.25, 0.3) is 5.88 Å². The molecule has 0 unspecified atom stereocenters. The van der Waals surface area contributed by atoms with Crippen molar-refractivity contribution in [3.8, 4) is 17.3 Å². The van der Waals surface area contributed by atoms with Gasteiger partial charge in [-0.25, -0.2) is 14.6 Å². The second-order valence-corrected chi connectivity index (χ2v) is 7.64. The smallest absolute Gasteiger partial charge is 0.313 e. The maximum Gasteiger partial charge on any atom is 0.313 e. The van der Waals surface area contributed by atoms with E-state index in [9.17, 15) is 4.79 Å². The number of rotatable bonds is 7. The Bertz CT molecular complexity index is 1040. The van der Waals surface area contributed by atoms with Crippen LogP contribution >= 0.6 is 22.6 Å². The summed E-state index contributed by atoms with van der Waals surface area (Å²) in [5.41, 5.74) is 3.70. The summed E-state index contributed by atoms with van der Waals surface area (Å²) in [6.45, 7) is 4.27. The van der Waals surface area contributed by atoms with Crippen molar-refractivity contribution in [2.24, 2.45) is 14.1 Å². The lowest BCUT2D eigenvalue weighted by molar-refractivity contribution is 0.276. The predicted molar refractivity (Wildman–Crippen MR) is 114 cm³/mol. The highest BCUT2D eigenvalue weighted by molar-refractivity contribution is 14.1. The maximum absolute atomic E-state index is 12.4. The lowest BCUT2D eigenvalue weighted by Gasteiger charge is -2.10. The van der Waals surface area contributed by atoms with Gasteiger partial charge in [0.15, 0.2) is 0 Å². The highest BCUT2D eigenvalue weighted by atomic mass is 127. The molecule has 148 valence electrons. The van der Waals surface area contributed by atoms with Crippen LogP contribution in [0.2, 0.25) is 0 Å². The van der Waals surface area contributed by atoms with Crippen molar-refractivity contribution in [2.45, 2.75) is 39.7 Å². The fraction of sp³-hybridized carbons (Fsp3) is 0.421. The van der Waals surface area contributed by atoms with Gasteiger partial charge in [0.1, 0.15) is 18.0 Å². The molecule has 0 saturated carbocycles. The van der Waals surface area contributed by atoms with Gasteiger partial charge in [-0.15, -0.1) is 5.10 Å². The third kappa shape index (κ3) is 4.23. The van der Waals surface area contributed by atoms with Crippen molar-refractivity contribution >= 4 is 22.6 Å². The van der Waals surface area contributed by atoms with Crippen LogP contribution in [0.4, 0.5) is 0 Å². The molecule has 0 bridgehead atoms. The number of nitrogens with zero attached hydrogens (tertiary/aromatic N) is 6. The van der Waals surface area contributed by atoms with E-state index in [0.717, 1.165) is 45.6 Å². The molecular weight excluding hydrogens is 471 g/mol. The first-order valence-electron chi connectivity index (χ1n) is 9.18. The summed E-state index contributed by atoms with van der Waals surface area (Å²) in [4.78, 5) is 21.4. The van der Waals surface area contributed by atoms with E-state index < -0.39 is 0 Å². The molecule has 3 rings (SSSR count). The molecule has 0 amide bonds. The Morgan fingerprint density at radius 2 is 1.96 bits per heavy atom. The molecule has 0 N–H and O–H groups in total. The number of hydrogen-bond donors (Lipinski definition) is 0. The van der Waals surface area contributed by atoms with Gasteiger partial charge < -0.3 is 9.30 Å². The summed E-state index contributed by atoms with van der Waals surface area (Å²) in [5, 5.41) is 8.37. The average molecular weight is 494 g/mol. The number of aromatic nitrogens is 6. The highest BCUT2D eigenvalue weighted by Crippen LogP contribution is 2.22. The molecule has 3 aromatic heterocycles. The second kappa shape index (κ2) is 8.80. The summed E-state index contributed by atoms with van der Waals surface area (Å²) >= 11 is 2.28. The molecule has 9 heteroatoms. The van der Waals surface area contributed by atoms with E-state index in [0.29, 0.717) is 5.69 Å². The molecule has 0 saturated heterocycles. The molecule has 0 aliphatic carbocycles. The molecule has 0 aromatic carbocycles. The van der Waals surface area contributed by atoms with Crippen LogP contribution < -0.4 is 10.3 Å². The molecule has 0 radical (unpaired) electrons. The van der Waals surface area contributed by atoms with Crippen LogP contribution in [-0.2, 0) is 33.5 Å². The lowest BCUT2D eigenvalue weighted by Crippen LogP contribution is -2.22. The van der Waals surface area contributed by atoms with Gasteiger partial charge in [-0.1, -0.05) is 25.5 Å². The third-order valence-electron chi connectivity index (χ3n) is 4.38. The molecule has 3 aromatic rings. The van der Waals surface area contributed by atoms with Gasteiger partial charge in [0, 0.05) is 23.9 Å². The van der Waals surface area contributed by atoms with Crippen molar-refractivity contribution in [1.82, 2.24) is 29.5 Å². The van der Waals surface area contributed by atoms with Crippen molar-refractivity contribution in [3.05, 3.63) is 49.3 Å². The molecular formula is C19H23IN6O2. The zero-order chi connectivity index (χ0) is 20.3. The first kappa shape index (κ1) is 20.4. The van der Waals surface area contributed by atoms with Gasteiger partial charge in [-0.3, -0.25) is 4.79 Å². The van der Waals surface area contributed by atoms with Crippen LogP contribution in [0.3, 0.4) is 0 Å². The number of halogens is 1. The van der Waals surface area contributed by atoms with Crippen LogP contribution in [0.25, 0.3) is 11.4 Å². The van der Waals surface area contributed by atoms with E-state index in [4.69, 9.17) is 9.72 Å². The zero-order valence-electron chi connectivity index (χ0n) is 16.4. The van der Waals surface area contributed by atoms with E-state index in [1.807, 2.05) is 12.1 Å². The van der Waals surface area contributed by atoms with E-state index in [1.54, 1.807) is 25.0 Å². The minimum atomic E-state index is -0.266. The molecule has 0 atom stereocenters. The number of ether oxygens (including phenoxy) is 1. The Morgan fingerprint density at radius 1 is 1.18 bits per heavy atom. The van der Waals surface area contributed by atoms with E-state index >= 15 is 0 Å². The molecule has 0 spiro atoms. The predicted octanol–water partition coefficient (Wildman–Crippen LogP) is 2.67. The van der Waals surface area contributed by atoms with Gasteiger partial charge in [0.2, 0.25) is 0 Å². The Kier molecular flexibility index (Phi) is 6.42. The van der Waals surface area contributed by atoms with E-state index in [1.165, 1.54) is 4.57 Å². The number of aryl methyl sites for hydroxylation is 4. The Morgan fingerprint density at radius 3 is 2.68 bits per heavy atom. The van der Waals surface area contributed by atoms with Crippen molar-refractivity contribution < 1.29 is 4.74 Å². The summed E-state index contributed by atoms with van der Waals surface area (Å²) in [6.07, 6.45) is 4.31. The van der Waals surface area contributed by atoms with Crippen LogP contribution in [-0.4, -0.2) is 29.5 Å². The lowest BCUT2D eigenvalue weighted by atomic mass is 10.2. The zero-order valence-corrected chi connectivity index (χ0v) is 18.6. The quantitative estimate of drug-likeness (QED) is 0.470. The first-order chi connectivity index (χ1) is 13.4. The fourth-order valence-electron chi connectivity index (χ4n) is 2.85. The topological polar surface area (TPSA) is 87.7 Å². The van der Waals surface area contributed by atoms with Crippen molar-refractivity contribution in [1.29, 1.82) is 0 Å². The highest BCUT2D eigenvalue weighted by Gasteiger charge is 2.17. The summed E-state index contributed by atoms with van der Waals surface area (Å²) in [7, 11) is 3.50. The normalized spacial score (nSPS) is 11.0. The fourth-order valence-corrected chi connectivity index (χ4v) is 3.53. The van der Waals surface area contributed by atoms with Gasteiger partial charge >= 0.3 is 5.56 Å². The van der Waals surface area contributed by atoms with Gasteiger partial charge in [-0.05, 0) is 47.6 Å². The standard InChI is InChI=1S/C19H23IN6O2/c1-5-7-12-10-25(3)19(27)18(21-12)28-11-16-17(23-24-26(16)4)15-9-8-13(20)14(6-2)22-15/h8-10H,5-7,11H2,1-4H3. The summed E-state index contributed by atoms with van der Waals surface area (Å²) in [5.74, 6) is 0.0883. The monoisotopic (exact) mass is 494 g/mol. The molecule has 8 nitrogen and oxygen atoms in total.